The highest BCUT2D eigenvalue weighted by molar-refractivity contribution is 7.18. The molecule has 0 bridgehead atoms. The topological polar surface area (TPSA) is 33.2 Å². The highest BCUT2D eigenvalue weighted by Crippen LogP contribution is 2.34. The largest absolute Gasteiger partial charge is 0.343 e. The third-order valence-electron chi connectivity index (χ3n) is 5.70. The molecule has 0 unspecified atom stereocenters. The summed E-state index contributed by atoms with van der Waals surface area (Å²) in [6.07, 6.45) is 9.42. The van der Waals surface area contributed by atoms with Crippen LogP contribution < -0.4 is 0 Å². The minimum absolute atomic E-state index is 0.393. The van der Waals surface area contributed by atoms with Gasteiger partial charge in [0.05, 0.1) is 15.2 Å². The predicted octanol–water partition coefficient (Wildman–Crippen LogP) is 4.97. The second-order valence-electron chi connectivity index (χ2n) is 7.38. The molecule has 0 radical (unpaired) electrons. The number of hydrogen-bond acceptors (Lipinski definition) is 3. The number of benzene rings is 1. The average Bonchev–Trinajstić information content (AvgIpc) is 3.07. The van der Waals surface area contributed by atoms with Gasteiger partial charge in [0, 0.05) is 25.4 Å². The van der Waals surface area contributed by atoms with Gasteiger partial charge in [-0.15, -0.1) is 11.3 Å². The number of nitrogens with zero attached hydrogens (tertiary/aromatic N) is 2. The fourth-order valence-electron chi connectivity index (χ4n) is 4.21. The monoisotopic (exact) mass is 342 g/mol. The molecule has 4 heteroatoms. The number of aromatic nitrogens is 1. The van der Waals surface area contributed by atoms with E-state index in [9.17, 15) is 4.79 Å². The van der Waals surface area contributed by atoms with E-state index in [-0.39, 0.29) is 0 Å². The van der Waals surface area contributed by atoms with E-state index in [1.165, 1.54) is 41.8 Å². The summed E-state index contributed by atoms with van der Waals surface area (Å²) in [5.41, 5.74) is 1.12. The first-order valence-electron chi connectivity index (χ1n) is 9.43. The molecule has 1 amide bonds. The summed E-state index contributed by atoms with van der Waals surface area (Å²) in [5, 5.41) is 1.26. The Hall–Kier alpha value is -1.42. The Labute approximate surface area is 148 Å². The quantitative estimate of drug-likeness (QED) is 0.789. The Balaban J connectivity index is 1.33. The highest BCUT2D eigenvalue weighted by atomic mass is 32.1. The fourth-order valence-corrected chi connectivity index (χ4v) is 5.34. The van der Waals surface area contributed by atoms with Crippen LogP contribution in [-0.4, -0.2) is 28.9 Å². The number of carbonyl (C=O) groups excluding carboxylic acids is 1. The Kier molecular flexibility index (Phi) is 4.83. The lowest BCUT2D eigenvalue weighted by Crippen LogP contribution is -2.38. The van der Waals surface area contributed by atoms with Crippen LogP contribution in [0.1, 0.15) is 62.3 Å². The number of carbonyl (C=O) groups is 1. The SMILES string of the molecule is O=C(CC1CCCCC1)N1CCC(c2nc3ccccc3s2)CC1. The lowest BCUT2D eigenvalue weighted by molar-refractivity contribution is -0.133. The lowest BCUT2D eigenvalue weighted by atomic mass is 9.86. The number of thiazole rings is 1. The number of likely N-dealkylation sites (tertiary alicyclic amines) is 1. The van der Waals surface area contributed by atoms with Crippen molar-refractivity contribution in [1.82, 2.24) is 9.88 Å². The molecule has 1 saturated heterocycles. The summed E-state index contributed by atoms with van der Waals surface area (Å²) >= 11 is 1.83. The van der Waals surface area contributed by atoms with Crippen LogP contribution >= 0.6 is 11.3 Å². The molecule has 128 valence electrons. The second-order valence-corrected chi connectivity index (χ2v) is 8.45. The van der Waals surface area contributed by atoms with E-state index < -0.39 is 0 Å². The van der Waals surface area contributed by atoms with Gasteiger partial charge in [0.2, 0.25) is 5.91 Å². The van der Waals surface area contributed by atoms with Crippen LogP contribution in [0.25, 0.3) is 10.2 Å². The first-order chi connectivity index (χ1) is 11.8. The van der Waals surface area contributed by atoms with E-state index in [1.807, 2.05) is 11.3 Å². The molecule has 2 fully saturated rings. The summed E-state index contributed by atoms with van der Waals surface area (Å²) < 4.78 is 1.28. The van der Waals surface area contributed by atoms with Crippen LogP contribution in [0.4, 0.5) is 0 Å². The zero-order valence-corrected chi connectivity index (χ0v) is 15.1. The van der Waals surface area contributed by atoms with Crippen LogP contribution in [0.2, 0.25) is 0 Å². The van der Waals surface area contributed by atoms with Crippen molar-refractivity contribution >= 4 is 27.5 Å². The van der Waals surface area contributed by atoms with Crippen LogP contribution in [0.5, 0.6) is 0 Å². The van der Waals surface area contributed by atoms with Crippen LogP contribution in [-0.2, 0) is 4.79 Å². The molecule has 2 aromatic rings. The molecule has 1 aliphatic carbocycles. The van der Waals surface area contributed by atoms with Gasteiger partial charge in [-0.3, -0.25) is 4.79 Å². The summed E-state index contributed by atoms with van der Waals surface area (Å²) in [7, 11) is 0. The molecule has 1 aromatic carbocycles. The number of piperidine rings is 1. The molecular weight excluding hydrogens is 316 g/mol. The maximum atomic E-state index is 12.6. The lowest BCUT2D eigenvalue weighted by Gasteiger charge is -2.32. The maximum absolute atomic E-state index is 12.6. The number of fused-ring (bicyclic) bond motifs is 1. The van der Waals surface area contributed by atoms with Gasteiger partial charge in [-0.1, -0.05) is 31.4 Å². The van der Waals surface area contributed by atoms with Crippen molar-refractivity contribution in [3.63, 3.8) is 0 Å². The predicted molar refractivity (Wildman–Crippen MR) is 99.4 cm³/mol. The van der Waals surface area contributed by atoms with Crippen molar-refractivity contribution < 1.29 is 4.79 Å². The Morgan fingerprint density at radius 2 is 1.83 bits per heavy atom. The Bertz CT molecular complexity index is 663. The van der Waals surface area contributed by atoms with Crippen molar-refractivity contribution in [3.05, 3.63) is 29.3 Å². The van der Waals surface area contributed by atoms with Crippen molar-refractivity contribution in [2.75, 3.05) is 13.1 Å². The molecule has 0 atom stereocenters. The van der Waals surface area contributed by atoms with E-state index in [0.717, 1.165) is 37.9 Å². The van der Waals surface area contributed by atoms with Crippen LogP contribution in [0.15, 0.2) is 24.3 Å². The molecule has 24 heavy (non-hydrogen) atoms. The van der Waals surface area contributed by atoms with Gasteiger partial charge >= 0.3 is 0 Å². The van der Waals surface area contributed by atoms with E-state index in [0.29, 0.717) is 17.7 Å². The number of rotatable bonds is 3. The van der Waals surface area contributed by atoms with Crippen molar-refractivity contribution in [2.45, 2.75) is 57.3 Å². The van der Waals surface area contributed by atoms with E-state index in [2.05, 4.69) is 29.2 Å². The van der Waals surface area contributed by atoms with Gasteiger partial charge < -0.3 is 4.90 Å². The first kappa shape index (κ1) is 16.1. The Morgan fingerprint density at radius 3 is 2.58 bits per heavy atom. The summed E-state index contributed by atoms with van der Waals surface area (Å²) in [6, 6.07) is 8.38. The van der Waals surface area contributed by atoms with E-state index in [4.69, 9.17) is 4.98 Å². The average molecular weight is 343 g/mol. The number of para-hydroxylation sites is 1. The molecule has 1 aliphatic heterocycles. The number of hydrogen-bond donors (Lipinski definition) is 0. The zero-order chi connectivity index (χ0) is 16.4. The van der Waals surface area contributed by atoms with Gasteiger partial charge in [0.25, 0.3) is 0 Å². The van der Waals surface area contributed by atoms with Crippen molar-refractivity contribution in [1.29, 1.82) is 0 Å². The van der Waals surface area contributed by atoms with Gasteiger partial charge in [0.15, 0.2) is 0 Å². The standard InChI is InChI=1S/C20H26N2OS/c23-19(14-15-6-2-1-3-7-15)22-12-10-16(11-13-22)20-21-17-8-4-5-9-18(17)24-20/h4-5,8-9,15-16H,1-3,6-7,10-14H2. The Morgan fingerprint density at radius 1 is 1.08 bits per heavy atom. The second kappa shape index (κ2) is 7.22. The van der Waals surface area contributed by atoms with Crippen LogP contribution in [0.3, 0.4) is 0 Å². The fraction of sp³-hybridized carbons (Fsp3) is 0.600. The van der Waals surface area contributed by atoms with E-state index >= 15 is 0 Å². The molecule has 2 heterocycles. The van der Waals surface area contributed by atoms with Gasteiger partial charge in [-0.25, -0.2) is 4.98 Å². The van der Waals surface area contributed by atoms with Crippen LogP contribution in [0, 0.1) is 5.92 Å². The van der Waals surface area contributed by atoms with Crippen molar-refractivity contribution in [2.24, 2.45) is 5.92 Å². The maximum Gasteiger partial charge on any atom is 0.222 e. The summed E-state index contributed by atoms with van der Waals surface area (Å²) in [4.78, 5) is 19.5. The molecule has 3 nitrogen and oxygen atoms in total. The first-order valence-corrected chi connectivity index (χ1v) is 10.2. The summed E-state index contributed by atoms with van der Waals surface area (Å²) in [5.74, 6) is 1.57. The molecule has 1 aromatic heterocycles. The molecular formula is C20H26N2OS. The van der Waals surface area contributed by atoms with Gasteiger partial charge in [0.1, 0.15) is 0 Å². The van der Waals surface area contributed by atoms with Crippen molar-refractivity contribution in [3.8, 4) is 0 Å². The minimum atomic E-state index is 0.393. The number of amides is 1. The third-order valence-corrected chi connectivity index (χ3v) is 6.89. The third kappa shape index (κ3) is 3.49. The molecule has 4 rings (SSSR count). The smallest absolute Gasteiger partial charge is 0.222 e. The molecule has 0 N–H and O–H groups in total. The minimum Gasteiger partial charge on any atom is -0.343 e. The molecule has 0 spiro atoms. The zero-order valence-electron chi connectivity index (χ0n) is 14.2. The van der Waals surface area contributed by atoms with Gasteiger partial charge in [-0.05, 0) is 43.7 Å². The van der Waals surface area contributed by atoms with Gasteiger partial charge in [-0.2, -0.15) is 0 Å². The normalized spacial score (nSPS) is 20.6. The van der Waals surface area contributed by atoms with E-state index in [1.54, 1.807) is 0 Å². The highest BCUT2D eigenvalue weighted by Gasteiger charge is 2.27. The molecule has 2 aliphatic rings. The summed E-state index contributed by atoms with van der Waals surface area (Å²) in [6.45, 7) is 1.82. The molecule has 1 saturated carbocycles.